The Hall–Kier alpha value is -0.860. The fraction of sp³-hybridized carbons (Fsp3) is 0.600. The van der Waals surface area contributed by atoms with Crippen LogP contribution in [0.2, 0.25) is 0 Å². The van der Waals surface area contributed by atoms with E-state index in [0.717, 1.165) is 31.4 Å². The highest BCUT2D eigenvalue weighted by atomic mass is 16.5. The standard InChI is InChI=1S/C15H22O2/c1-10-7-11(2)15(12(3)8-10)14(16)9-13-5-4-6-17-13/h7-8,13-14,16H,4-6,9H2,1-3H3. The lowest BCUT2D eigenvalue weighted by atomic mass is 9.92. The van der Waals surface area contributed by atoms with E-state index in [9.17, 15) is 5.11 Å². The Balaban J connectivity index is 2.15. The first-order valence-electron chi connectivity index (χ1n) is 6.45. The average molecular weight is 234 g/mol. The predicted molar refractivity (Wildman–Crippen MR) is 69.2 cm³/mol. The summed E-state index contributed by atoms with van der Waals surface area (Å²) in [4.78, 5) is 0. The van der Waals surface area contributed by atoms with Gasteiger partial charge in [-0.15, -0.1) is 0 Å². The summed E-state index contributed by atoms with van der Waals surface area (Å²) in [5, 5.41) is 10.4. The van der Waals surface area contributed by atoms with Crippen molar-refractivity contribution in [3.05, 3.63) is 34.4 Å². The number of hydrogen-bond donors (Lipinski definition) is 1. The van der Waals surface area contributed by atoms with Gasteiger partial charge in [-0.05, 0) is 50.3 Å². The molecule has 1 fully saturated rings. The normalized spacial score (nSPS) is 21.8. The lowest BCUT2D eigenvalue weighted by Gasteiger charge is -2.20. The van der Waals surface area contributed by atoms with Crippen molar-refractivity contribution in [1.82, 2.24) is 0 Å². The average Bonchev–Trinajstić information content (AvgIpc) is 2.68. The minimum absolute atomic E-state index is 0.241. The highest BCUT2D eigenvalue weighted by molar-refractivity contribution is 5.38. The molecule has 1 saturated heterocycles. The van der Waals surface area contributed by atoms with E-state index in [0.29, 0.717) is 0 Å². The van der Waals surface area contributed by atoms with Crippen LogP contribution in [0.25, 0.3) is 0 Å². The van der Waals surface area contributed by atoms with Crippen LogP contribution in [-0.2, 0) is 4.74 Å². The minimum Gasteiger partial charge on any atom is -0.388 e. The molecule has 0 amide bonds. The topological polar surface area (TPSA) is 29.5 Å². The van der Waals surface area contributed by atoms with Crippen molar-refractivity contribution in [2.75, 3.05) is 6.61 Å². The first-order chi connectivity index (χ1) is 8.08. The van der Waals surface area contributed by atoms with E-state index >= 15 is 0 Å². The van der Waals surface area contributed by atoms with Gasteiger partial charge in [0.15, 0.2) is 0 Å². The number of aliphatic hydroxyl groups is 1. The number of aliphatic hydroxyl groups excluding tert-OH is 1. The van der Waals surface area contributed by atoms with Gasteiger partial charge in [0.2, 0.25) is 0 Å². The lowest BCUT2D eigenvalue weighted by molar-refractivity contribution is 0.0531. The van der Waals surface area contributed by atoms with Crippen LogP contribution in [0.4, 0.5) is 0 Å². The van der Waals surface area contributed by atoms with Crippen molar-refractivity contribution in [2.24, 2.45) is 0 Å². The van der Waals surface area contributed by atoms with E-state index in [4.69, 9.17) is 4.74 Å². The van der Waals surface area contributed by atoms with Crippen molar-refractivity contribution < 1.29 is 9.84 Å². The van der Waals surface area contributed by atoms with E-state index in [2.05, 4.69) is 32.9 Å². The summed E-state index contributed by atoms with van der Waals surface area (Å²) in [6.45, 7) is 7.10. The third kappa shape index (κ3) is 2.88. The Labute approximate surface area is 104 Å². The van der Waals surface area contributed by atoms with Gasteiger partial charge in [-0.1, -0.05) is 17.7 Å². The van der Waals surface area contributed by atoms with E-state index < -0.39 is 6.10 Å². The molecule has 0 radical (unpaired) electrons. The van der Waals surface area contributed by atoms with Crippen molar-refractivity contribution >= 4 is 0 Å². The minimum atomic E-state index is -0.390. The molecule has 1 heterocycles. The van der Waals surface area contributed by atoms with E-state index in [1.807, 2.05) is 0 Å². The molecule has 1 N–H and O–H groups in total. The van der Waals surface area contributed by atoms with Gasteiger partial charge in [0.05, 0.1) is 12.2 Å². The molecule has 2 unspecified atom stereocenters. The second kappa shape index (κ2) is 5.19. The van der Waals surface area contributed by atoms with Gasteiger partial charge in [0, 0.05) is 13.0 Å². The molecule has 0 spiro atoms. The van der Waals surface area contributed by atoms with Gasteiger partial charge in [-0.3, -0.25) is 0 Å². The SMILES string of the molecule is Cc1cc(C)c(C(O)CC2CCCO2)c(C)c1. The maximum absolute atomic E-state index is 10.4. The molecule has 0 saturated carbocycles. The molecule has 2 atom stereocenters. The number of rotatable bonds is 3. The fourth-order valence-corrected chi connectivity index (χ4v) is 2.91. The highest BCUT2D eigenvalue weighted by Crippen LogP contribution is 2.29. The van der Waals surface area contributed by atoms with Crippen molar-refractivity contribution in [3.8, 4) is 0 Å². The summed E-state index contributed by atoms with van der Waals surface area (Å²) in [6.07, 6.45) is 2.79. The first kappa shape index (κ1) is 12.6. The van der Waals surface area contributed by atoms with Gasteiger partial charge in [0.1, 0.15) is 0 Å². The molecule has 0 aromatic heterocycles. The van der Waals surface area contributed by atoms with Crippen molar-refractivity contribution in [3.63, 3.8) is 0 Å². The zero-order valence-electron chi connectivity index (χ0n) is 11.0. The molecule has 1 aromatic carbocycles. The van der Waals surface area contributed by atoms with E-state index in [-0.39, 0.29) is 6.10 Å². The van der Waals surface area contributed by atoms with E-state index in [1.54, 1.807) is 0 Å². The summed E-state index contributed by atoms with van der Waals surface area (Å²) in [7, 11) is 0. The molecule has 2 nitrogen and oxygen atoms in total. The van der Waals surface area contributed by atoms with Gasteiger partial charge in [0.25, 0.3) is 0 Å². The van der Waals surface area contributed by atoms with Gasteiger partial charge >= 0.3 is 0 Å². The van der Waals surface area contributed by atoms with Gasteiger partial charge in [-0.2, -0.15) is 0 Å². The van der Waals surface area contributed by atoms with Gasteiger partial charge < -0.3 is 9.84 Å². The van der Waals surface area contributed by atoms with Crippen LogP contribution in [0.1, 0.15) is 47.6 Å². The summed E-state index contributed by atoms with van der Waals surface area (Å²) >= 11 is 0. The van der Waals surface area contributed by atoms with Crippen LogP contribution in [0.15, 0.2) is 12.1 Å². The maximum Gasteiger partial charge on any atom is 0.0819 e. The molecule has 2 heteroatoms. The highest BCUT2D eigenvalue weighted by Gasteiger charge is 2.22. The fourth-order valence-electron chi connectivity index (χ4n) is 2.91. The second-order valence-corrected chi connectivity index (χ2v) is 5.20. The van der Waals surface area contributed by atoms with Crippen LogP contribution in [0.3, 0.4) is 0 Å². The predicted octanol–water partition coefficient (Wildman–Crippen LogP) is 3.21. The molecule has 17 heavy (non-hydrogen) atoms. The number of ether oxygens (including phenoxy) is 1. The Morgan fingerprint density at radius 3 is 2.47 bits per heavy atom. The number of hydrogen-bond acceptors (Lipinski definition) is 2. The second-order valence-electron chi connectivity index (χ2n) is 5.20. The quantitative estimate of drug-likeness (QED) is 0.870. The third-order valence-corrected chi connectivity index (χ3v) is 3.58. The molecule has 0 bridgehead atoms. The smallest absolute Gasteiger partial charge is 0.0819 e. The number of benzene rings is 1. The molecule has 0 aliphatic carbocycles. The first-order valence-corrected chi connectivity index (χ1v) is 6.45. The lowest BCUT2D eigenvalue weighted by Crippen LogP contribution is -2.13. The number of aryl methyl sites for hydroxylation is 3. The Bertz CT molecular complexity index is 369. The third-order valence-electron chi connectivity index (χ3n) is 3.58. The Morgan fingerprint density at radius 2 is 1.94 bits per heavy atom. The molecular weight excluding hydrogens is 212 g/mol. The molecule has 1 aliphatic rings. The zero-order chi connectivity index (χ0) is 12.4. The molecule has 1 aromatic rings. The Morgan fingerprint density at radius 1 is 1.29 bits per heavy atom. The molecule has 1 aliphatic heterocycles. The van der Waals surface area contributed by atoms with Crippen molar-refractivity contribution in [1.29, 1.82) is 0 Å². The largest absolute Gasteiger partial charge is 0.388 e. The molecular formula is C15H22O2. The Kier molecular flexibility index (Phi) is 3.85. The van der Waals surface area contributed by atoms with E-state index in [1.165, 1.54) is 16.7 Å². The van der Waals surface area contributed by atoms with Crippen LogP contribution >= 0.6 is 0 Å². The molecule has 94 valence electrons. The summed E-state index contributed by atoms with van der Waals surface area (Å²) < 4.78 is 5.59. The summed E-state index contributed by atoms with van der Waals surface area (Å²) in [5.74, 6) is 0. The van der Waals surface area contributed by atoms with Crippen LogP contribution in [0.5, 0.6) is 0 Å². The van der Waals surface area contributed by atoms with Gasteiger partial charge in [-0.25, -0.2) is 0 Å². The summed E-state index contributed by atoms with van der Waals surface area (Å²) in [5.41, 5.74) is 4.72. The van der Waals surface area contributed by atoms with Crippen LogP contribution < -0.4 is 0 Å². The summed E-state index contributed by atoms with van der Waals surface area (Å²) in [6, 6.07) is 4.28. The van der Waals surface area contributed by atoms with Crippen LogP contribution in [0, 0.1) is 20.8 Å². The zero-order valence-corrected chi connectivity index (χ0v) is 11.0. The molecule has 2 rings (SSSR count). The monoisotopic (exact) mass is 234 g/mol. The van der Waals surface area contributed by atoms with Crippen LogP contribution in [-0.4, -0.2) is 17.8 Å². The van der Waals surface area contributed by atoms with Crippen molar-refractivity contribution in [2.45, 2.75) is 52.2 Å². The maximum atomic E-state index is 10.4.